The van der Waals surface area contributed by atoms with E-state index < -0.39 is 0 Å². The SMILES string of the molecule is N=C(N)c1ccc(SC2COC2)c(Br)c1. The largest absolute Gasteiger partial charge is 0.384 e. The minimum absolute atomic E-state index is 0.0965. The lowest BCUT2D eigenvalue weighted by atomic mass is 10.2. The highest BCUT2D eigenvalue weighted by atomic mass is 79.9. The molecule has 5 heteroatoms. The lowest BCUT2D eigenvalue weighted by Gasteiger charge is -2.25. The van der Waals surface area contributed by atoms with Gasteiger partial charge in [-0.3, -0.25) is 5.41 Å². The second-order valence-electron chi connectivity index (χ2n) is 3.34. The van der Waals surface area contributed by atoms with Gasteiger partial charge in [-0.25, -0.2) is 0 Å². The van der Waals surface area contributed by atoms with Crippen LogP contribution in [0.25, 0.3) is 0 Å². The number of benzene rings is 1. The van der Waals surface area contributed by atoms with Crippen LogP contribution >= 0.6 is 27.7 Å². The van der Waals surface area contributed by atoms with E-state index in [2.05, 4.69) is 15.9 Å². The van der Waals surface area contributed by atoms with Crippen LogP contribution in [0.15, 0.2) is 27.6 Å². The monoisotopic (exact) mass is 286 g/mol. The van der Waals surface area contributed by atoms with Crippen molar-refractivity contribution in [1.29, 1.82) is 5.41 Å². The number of halogens is 1. The highest BCUT2D eigenvalue weighted by Gasteiger charge is 2.20. The number of hydrogen-bond donors (Lipinski definition) is 2. The Morgan fingerprint density at radius 3 is 2.73 bits per heavy atom. The number of ether oxygens (including phenoxy) is 1. The summed E-state index contributed by atoms with van der Waals surface area (Å²) in [6, 6.07) is 5.74. The van der Waals surface area contributed by atoms with Gasteiger partial charge in [0, 0.05) is 14.9 Å². The lowest BCUT2D eigenvalue weighted by molar-refractivity contribution is 0.0455. The molecule has 1 aliphatic rings. The second-order valence-corrected chi connectivity index (χ2v) is 5.53. The van der Waals surface area contributed by atoms with Crippen molar-refractivity contribution in [2.24, 2.45) is 5.73 Å². The molecule has 0 aromatic heterocycles. The van der Waals surface area contributed by atoms with Gasteiger partial charge in [-0.15, -0.1) is 11.8 Å². The smallest absolute Gasteiger partial charge is 0.122 e. The Morgan fingerprint density at radius 2 is 2.27 bits per heavy atom. The summed E-state index contributed by atoms with van der Waals surface area (Å²) >= 11 is 5.28. The number of amidine groups is 1. The molecule has 1 aromatic carbocycles. The first-order chi connectivity index (χ1) is 7.16. The molecule has 0 aliphatic carbocycles. The molecule has 0 amide bonds. The third-order valence-corrected chi connectivity index (χ3v) is 4.28. The van der Waals surface area contributed by atoms with E-state index in [0.717, 1.165) is 23.2 Å². The second kappa shape index (κ2) is 4.55. The fourth-order valence-electron chi connectivity index (χ4n) is 1.23. The first-order valence-corrected chi connectivity index (χ1v) is 6.22. The van der Waals surface area contributed by atoms with Crippen LogP contribution in [0.2, 0.25) is 0 Å². The van der Waals surface area contributed by atoms with Gasteiger partial charge in [-0.2, -0.15) is 0 Å². The fraction of sp³-hybridized carbons (Fsp3) is 0.300. The molecule has 3 N–H and O–H groups in total. The summed E-state index contributed by atoms with van der Waals surface area (Å²) in [6.07, 6.45) is 0. The van der Waals surface area contributed by atoms with E-state index >= 15 is 0 Å². The normalized spacial score (nSPS) is 16.1. The zero-order valence-electron chi connectivity index (χ0n) is 8.00. The van der Waals surface area contributed by atoms with Crippen LogP contribution in [0, 0.1) is 5.41 Å². The standard InChI is InChI=1S/C10H11BrN2OS/c11-8-3-6(10(12)13)1-2-9(8)15-7-4-14-5-7/h1-3,7H,4-5H2,(H3,12,13). The van der Waals surface area contributed by atoms with Crippen molar-refractivity contribution in [2.75, 3.05) is 13.2 Å². The Kier molecular flexibility index (Phi) is 3.33. The Bertz CT molecular complexity index is 393. The van der Waals surface area contributed by atoms with Gasteiger partial charge in [0.1, 0.15) is 5.84 Å². The summed E-state index contributed by atoms with van der Waals surface area (Å²) in [7, 11) is 0. The number of nitrogen functional groups attached to an aromatic ring is 1. The van der Waals surface area contributed by atoms with Crippen molar-refractivity contribution in [1.82, 2.24) is 0 Å². The molecule has 1 saturated heterocycles. The van der Waals surface area contributed by atoms with Crippen LogP contribution in [0.1, 0.15) is 5.56 Å². The lowest BCUT2D eigenvalue weighted by Crippen LogP contribution is -2.30. The maximum absolute atomic E-state index is 7.32. The molecule has 80 valence electrons. The minimum atomic E-state index is 0.0965. The highest BCUT2D eigenvalue weighted by molar-refractivity contribution is 9.10. The average Bonchev–Trinajstić information content (AvgIpc) is 2.12. The van der Waals surface area contributed by atoms with Crippen molar-refractivity contribution >= 4 is 33.5 Å². The molecule has 1 heterocycles. The van der Waals surface area contributed by atoms with Crippen molar-refractivity contribution < 1.29 is 4.74 Å². The fourth-order valence-corrected chi connectivity index (χ4v) is 2.89. The minimum Gasteiger partial charge on any atom is -0.384 e. The topological polar surface area (TPSA) is 59.1 Å². The van der Waals surface area contributed by atoms with Crippen LogP contribution in [0.5, 0.6) is 0 Å². The van der Waals surface area contributed by atoms with E-state index in [0.29, 0.717) is 5.25 Å². The van der Waals surface area contributed by atoms with Gasteiger partial charge in [0.2, 0.25) is 0 Å². The maximum atomic E-state index is 7.32. The summed E-state index contributed by atoms with van der Waals surface area (Å²) in [5.41, 5.74) is 6.15. The Balaban J connectivity index is 2.14. The van der Waals surface area contributed by atoms with E-state index in [1.807, 2.05) is 18.2 Å². The molecule has 15 heavy (non-hydrogen) atoms. The molecule has 1 aliphatic heterocycles. The predicted octanol–water partition coefficient (Wildman–Crippen LogP) is 2.22. The summed E-state index contributed by atoms with van der Waals surface area (Å²) in [6.45, 7) is 1.65. The number of nitrogens with two attached hydrogens (primary N) is 1. The van der Waals surface area contributed by atoms with Crippen LogP contribution in [-0.2, 0) is 4.74 Å². The summed E-state index contributed by atoms with van der Waals surface area (Å²) in [4.78, 5) is 1.17. The Hall–Kier alpha value is -0.520. The third kappa shape index (κ3) is 2.53. The van der Waals surface area contributed by atoms with Crippen molar-refractivity contribution in [3.63, 3.8) is 0 Å². The molecule has 0 spiro atoms. The molecular formula is C10H11BrN2OS. The van der Waals surface area contributed by atoms with Gasteiger partial charge in [-0.05, 0) is 28.1 Å². The van der Waals surface area contributed by atoms with E-state index in [1.54, 1.807) is 11.8 Å². The predicted molar refractivity (Wildman–Crippen MR) is 65.6 cm³/mol. The van der Waals surface area contributed by atoms with Gasteiger partial charge < -0.3 is 10.5 Å². The molecule has 2 rings (SSSR count). The number of hydrogen-bond acceptors (Lipinski definition) is 3. The van der Waals surface area contributed by atoms with E-state index in [1.165, 1.54) is 4.90 Å². The van der Waals surface area contributed by atoms with E-state index in [4.69, 9.17) is 15.9 Å². The molecule has 3 nitrogen and oxygen atoms in total. The number of nitrogens with one attached hydrogen (secondary N) is 1. The molecule has 0 bridgehead atoms. The van der Waals surface area contributed by atoms with Gasteiger partial charge in [0.05, 0.1) is 18.5 Å². The quantitative estimate of drug-likeness (QED) is 0.662. The van der Waals surface area contributed by atoms with Crippen molar-refractivity contribution in [2.45, 2.75) is 10.1 Å². The van der Waals surface area contributed by atoms with Gasteiger partial charge in [-0.1, -0.05) is 6.07 Å². The van der Waals surface area contributed by atoms with Crippen molar-refractivity contribution in [3.8, 4) is 0 Å². The number of thioether (sulfide) groups is 1. The maximum Gasteiger partial charge on any atom is 0.122 e. The molecule has 1 aromatic rings. The van der Waals surface area contributed by atoms with Crippen molar-refractivity contribution in [3.05, 3.63) is 28.2 Å². The molecule has 0 unspecified atom stereocenters. The van der Waals surface area contributed by atoms with Crippen LogP contribution in [0.4, 0.5) is 0 Å². The molecule has 0 atom stereocenters. The van der Waals surface area contributed by atoms with Gasteiger partial charge in [0.25, 0.3) is 0 Å². The highest BCUT2D eigenvalue weighted by Crippen LogP contribution is 2.33. The van der Waals surface area contributed by atoms with Gasteiger partial charge in [0.15, 0.2) is 0 Å². The first-order valence-electron chi connectivity index (χ1n) is 4.55. The Labute approximate surface area is 101 Å². The first kappa shape index (κ1) is 11.0. The third-order valence-electron chi connectivity index (χ3n) is 2.14. The van der Waals surface area contributed by atoms with E-state index in [9.17, 15) is 0 Å². The van der Waals surface area contributed by atoms with Crippen LogP contribution < -0.4 is 5.73 Å². The zero-order chi connectivity index (χ0) is 10.8. The summed E-state index contributed by atoms with van der Waals surface area (Å²) in [5.74, 6) is 0.0965. The zero-order valence-corrected chi connectivity index (χ0v) is 10.4. The average molecular weight is 287 g/mol. The van der Waals surface area contributed by atoms with Crippen LogP contribution in [-0.4, -0.2) is 24.3 Å². The van der Waals surface area contributed by atoms with Gasteiger partial charge >= 0.3 is 0 Å². The van der Waals surface area contributed by atoms with E-state index in [-0.39, 0.29) is 5.84 Å². The number of rotatable bonds is 3. The molecular weight excluding hydrogens is 276 g/mol. The summed E-state index contributed by atoms with van der Waals surface area (Å²) in [5, 5.41) is 7.88. The molecule has 1 fully saturated rings. The molecule has 0 radical (unpaired) electrons. The van der Waals surface area contributed by atoms with Crippen LogP contribution in [0.3, 0.4) is 0 Å². The summed E-state index contributed by atoms with van der Waals surface area (Å²) < 4.78 is 6.11. The Morgan fingerprint density at radius 1 is 1.53 bits per heavy atom. The molecule has 0 saturated carbocycles.